The van der Waals surface area contributed by atoms with E-state index in [0.29, 0.717) is 21.3 Å². The number of anilines is 1. The smallest absolute Gasteiger partial charge is 0.269 e. The van der Waals surface area contributed by atoms with Crippen molar-refractivity contribution in [3.05, 3.63) is 58.1 Å². The first-order valence-electron chi connectivity index (χ1n) is 7.92. The van der Waals surface area contributed by atoms with E-state index in [2.05, 4.69) is 26.7 Å². The van der Waals surface area contributed by atoms with E-state index in [-0.39, 0.29) is 11.7 Å². The third-order valence-electron chi connectivity index (χ3n) is 4.03. The first-order chi connectivity index (χ1) is 12.8. The molecule has 0 bridgehead atoms. The molecule has 0 aliphatic carbocycles. The topological polar surface area (TPSA) is 98.7 Å². The van der Waals surface area contributed by atoms with Crippen molar-refractivity contribution in [3.63, 3.8) is 0 Å². The zero-order valence-corrected chi connectivity index (χ0v) is 16.4. The molecule has 3 rings (SSSR count). The van der Waals surface area contributed by atoms with Crippen LogP contribution in [-0.2, 0) is 9.59 Å². The maximum absolute atomic E-state index is 12.5. The average molecular weight is 453 g/mol. The van der Waals surface area contributed by atoms with Crippen LogP contribution >= 0.6 is 27.5 Å². The van der Waals surface area contributed by atoms with E-state index in [9.17, 15) is 19.5 Å². The lowest BCUT2D eigenvalue weighted by Crippen LogP contribution is -2.63. The molecule has 0 saturated carbocycles. The van der Waals surface area contributed by atoms with Gasteiger partial charge in [-0.1, -0.05) is 15.9 Å². The highest BCUT2D eigenvalue weighted by Gasteiger charge is 2.49. The second-order valence-corrected chi connectivity index (χ2v) is 7.34. The van der Waals surface area contributed by atoms with Gasteiger partial charge in [0.1, 0.15) is 17.2 Å². The standard InChI is InChI=1S/C18H15BrClN3O4/c1-9(24)21-12-5-2-10(3-6-12)17(26)22-23-16(15(20)18(23)27)13-8-11(19)4-7-14(13)25/h2-8,15-16,25H,1H3,(H,21,24)(H,22,26)/t15-,16+/m1/s1. The molecule has 1 aliphatic heterocycles. The number of phenols is 1. The van der Waals surface area contributed by atoms with Crippen molar-refractivity contribution in [1.29, 1.82) is 0 Å². The summed E-state index contributed by atoms with van der Waals surface area (Å²) in [5.74, 6) is -1.23. The molecular weight excluding hydrogens is 438 g/mol. The van der Waals surface area contributed by atoms with Crippen molar-refractivity contribution in [2.75, 3.05) is 5.32 Å². The van der Waals surface area contributed by atoms with Crippen molar-refractivity contribution < 1.29 is 19.5 Å². The highest BCUT2D eigenvalue weighted by molar-refractivity contribution is 9.10. The van der Waals surface area contributed by atoms with Crippen molar-refractivity contribution in [1.82, 2.24) is 10.4 Å². The van der Waals surface area contributed by atoms with Crippen LogP contribution in [0.1, 0.15) is 28.9 Å². The number of alkyl halides is 1. The predicted octanol–water partition coefficient (Wildman–Crippen LogP) is 2.95. The zero-order valence-electron chi connectivity index (χ0n) is 14.1. The van der Waals surface area contributed by atoms with Crippen LogP contribution in [0.4, 0.5) is 5.69 Å². The average Bonchev–Trinajstić information content (AvgIpc) is 2.63. The Morgan fingerprint density at radius 3 is 2.48 bits per heavy atom. The van der Waals surface area contributed by atoms with Gasteiger partial charge in [-0.3, -0.25) is 19.8 Å². The van der Waals surface area contributed by atoms with Gasteiger partial charge in [0.2, 0.25) is 5.91 Å². The summed E-state index contributed by atoms with van der Waals surface area (Å²) in [5, 5.41) is 12.9. The highest BCUT2D eigenvalue weighted by atomic mass is 79.9. The molecule has 2 aromatic rings. The van der Waals surface area contributed by atoms with Gasteiger partial charge in [0, 0.05) is 28.2 Å². The maximum Gasteiger partial charge on any atom is 0.269 e. The summed E-state index contributed by atoms with van der Waals surface area (Å²) in [4.78, 5) is 35.6. The summed E-state index contributed by atoms with van der Waals surface area (Å²) >= 11 is 9.42. The molecule has 9 heteroatoms. The number of amides is 3. The van der Waals surface area contributed by atoms with Crippen LogP contribution in [0, 0.1) is 0 Å². The molecule has 1 aliphatic rings. The fourth-order valence-electron chi connectivity index (χ4n) is 2.72. The third-order valence-corrected chi connectivity index (χ3v) is 4.95. The molecule has 0 aromatic heterocycles. The number of nitrogens with zero attached hydrogens (tertiary/aromatic N) is 1. The molecule has 0 spiro atoms. The number of carbonyl (C=O) groups excluding carboxylic acids is 3. The van der Waals surface area contributed by atoms with Gasteiger partial charge in [-0.2, -0.15) is 0 Å². The Morgan fingerprint density at radius 2 is 1.85 bits per heavy atom. The van der Waals surface area contributed by atoms with E-state index in [1.165, 1.54) is 25.1 Å². The van der Waals surface area contributed by atoms with E-state index in [4.69, 9.17) is 11.6 Å². The SMILES string of the molecule is CC(=O)Nc1ccc(C(=O)NN2C(=O)[C@H](Cl)[C@@H]2c2cc(Br)ccc2O)cc1. The van der Waals surface area contributed by atoms with Gasteiger partial charge >= 0.3 is 0 Å². The fourth-order valence-corrected chi connectivity index (χ4v) is 3.45. The van der Waals surface area contributed by atoms with Crippen LogP contribution < -0.4 is 10.7 Å². The minimum absolute atomic E-state index is 0.0275. The van der Waals surface area contributed by atoms with E-state index < -0.39 is 23.2 Å². The van der Waals surface area contributed by atoms with Gasteiger partial charge in [0.15, 0.2) is 0 Å². The van der Waals surface area contributed by atoms with E-state index in [0.717, 1.165) is 5.01 Å². The summed E-state index contributed by atoms with van der Waals surface area (Å²) in [7, 11) is 0. The molecule has 27 heavy (non-hydrogen) atoms. The molecule has 1 heterocycles. The predicted molar refractivity (Wildman–Crippen MR) is 103 cm³/mol. The van der Waals surface area contributed by atoms with Gasteiger partial charge < -0.3 is 10.4 Å². The number of rotatable bonds is 4. The van der Waals surface area contributed by atoms with Crippen LogP contribution in [-0.4, -0.2) is 33.2 Å². The normalized spacial score (nSPS) is 18.6. The minimum Gasteiger partial charge on any atom is -0.508 e. The van der Waals surface area contributed by atoms with Crippen molar-refractivity contribution >= 4 is 50.9 Å². The summed E-state index contributed by atoms with van der Waals surface area (Å²) in [6.45, 7) is 1.39. The van der Waals surface area contributed by atoms with Gasteiger partial charge in [-0.15, -0.1) is 11.6 Å². The first kappa shape index (κ1) is 19.2. The van der Waals surface area contributed by atoms with E-state index in [1.54, 1.807) is 24.3 Å². The zero-order chi connectivity index (χ0) is 19.7. The summed E-state index contributed by atoms with van der Waals surface area (Å²) in [6.07, 6.45) is 0. The maximum atomic E-state index is 12.5. The Labute approximate surface area is 168 Å². The molecule has 1 fully saturated rings. The Morgan fingerprint density at radius 1 is 1.19 bits per heavy atom. The van der Waals surface area contributed by atoms with Gasteiger partial charge in [0.25, 0.3) is 11.8 Å². The number of hydrogen-bond acceptors (Lipinski definition) is 4. The number of aromatic hydroxyl groups is 1. The third kappa shape index (κ3) is 3.91. The summed E-state index contributed by atoms with van der Waals surface area (Å²) in [6, 6.07) is 10.3. The monoisotopic (exact) mass is 451 g/mol. The first-order valence-corrected chi connectivity index (χ1v) is 9.15. The molecule has 2 atom stereocenters. The van der Waals surface area contributed by atoms with Crippen molar-refractivity contribution in [3.8, 4) is 5.75 Å². The minimum atomic E-state index is -0.896. The number of carbonyl (C=O) groups is 3. The number of hydrazine groups is 1. The van der Waals surface area contributed by atoms with E-state index in [1.807, 2.05) is 0 Å². The molecule has 0 unspecified atom stereocenters. The Kier molecular flexibility index (Phi) is 5.38. The molecular formula is C18H15BrClN3O4. The van der Waals surface area contributed by atoms with Crippen molar-refractivity contribution in [2.45, 2.75) is 18.3 Å². The van der Waals surface area contributed by atoms with Gasteiger partial charge in [-0.05, 0) is 42.5 Å². The highest BCUT2D eigenvalue weighted by Crippen LogP contribution is 2.41. The largest absolute Gasteiger partial charge is 0.508 e. The van der Waals surface area contributed by atoms with Crippen LogP contribution in [0.25, 0.3) is 0 Å². The quantitative estimate of drug-likeness (QED) is 0.491. The number of halogens is 2. The Balaban J connectivity index is 1.77. The molecule has 2 aromatic carbocycles. The lowest BCUT2D eigenvalue weighted by atomic mass is 9.94. The van der Waals surface area contributed by atoms with Crippen LogP contribution in [0.3, 0.4) is 0 Å². The van der Waals surface area contributed by atoms with E-state index >= 15 is 0 Å². The molecule has 3 amide bonds. The molecule has 7 nitrogen and oxygen atoms in total. The number of phenolic OH excluding ortho intramolecular Hbond substituents is 1. The Hall–Kier alpha value is -2.58. The molecule has 0 radical (unpaired) electrons. The lowest BCUT2D eigenvalue weighted by molar-refractivity contribution is -0.149. The van der Waals surface area contributed by atoms with Gasteiger partial charge in [0.05, 0.1) is 0 Å². The number of nitrogens with one attached hydrogen (secondary N) is 2. The molecule has 3 N–H and O–H groups in total. The second kappa shape index (κ2) is 7.58. The number of β-lactam (4-membered cyclic amide) rings is 1. The molecule has 1 saturated heterocycles. The number of benzene rings is 2. The molecule has 140 valence electrons. The van der Waals surface area contributed by atoms with Crippen molar-refractivity contribution in [2.24, 2.45) is 0 Å². The van der Waals surface area contributed by atoms with Crippen LogP contribution in [0.5, 0.6) is 5.75 Å². The van der Waals surface area contributed by atoms with Crippen LogP contribution in [0.15, 0.2) is 46.9 Å². The van der Waals surface area contributed by atoms with Gasteiger partial charge in [-0.25, -0.2) is 5.01 Å². The fraction of sp³-hybridized carbons (Fsp3) is 0.167. The lowest BCUT2D eigenvalue weighted by Gasteiger charge is -2.44. The second-order valence-electron chi connectivity index (χ2n) is 5.96. The van der Waals surface area contributed by atoms with Crippen LogP contribution in [0.2, 0.25) is 0 Å². The summed E-state index contributed by atoms with van der Waals surface area (Å²) in [5.41, 5.74) is 3.79. The Bertz CT molecular complexity index is 919. The summed E-state index contributed by atoms with van der Waals surface area (Å²) < 4.78 is 0.707. The number of hydrogen-bond donors (Lipinski definition) is 3.